The molecule has 8 nitrogen and oxygen atoms in total. The van der Waals surface area contributed by atoms with Crippen LogP contribution in [0.15, 0.2) is 47.5 Å². The van der Waals surface area contributed by atoms with E-state index in [-0.39, 0.29) is 0 Å². The number of ether oxygens (including phenoxy) is 2. The molecule has 2 unspecified atom stereocenters. The smallest absolute Gasteiger partial charge is 0.225 e. The molecule has 5 rings (SSSR count). The number of likely N-dealkylation sites (tertiary alicyclic amines) is 1. The molecule has 1 N–H and O–H groups in total. The van der Waals surface area contributed by atoms with Crippen molar-refractivity contribution in [3.05, 3.63) is 48.1 Å². The average Bonchev–Trinajstić information content (AvgIpc) is 3.32. The van der Waals surface area contributed by atoms with E-state index < -0.39 is 9.73 Å². The third kappa shape index (κ3) is 4.70. The monoisotopic (exact) mass is 469 g/mol. The van der Waals surface area contributed by atoms with Gasteiger partial charge >= 0.3 is 0 Å². The normalized spacial score (nSPS) is 23.3. The molecule has 0 spiro atoms. The Morgan fingerprint density at radius 1 is 1.09 bits per heavy atom. The van der Waals surface area contributed by atoms with Crippen LogP contribution in [0, 0.1) is 10.7 Å². The number of fused-ring (bicyclic) bond motifs is 1. The zero-order valence-corrected chi connectivity index (χ0v) is 19.6. The van der Waals surface area contributed by atoms with Gasteiger partial charge < -0.3 is 14.4 Å². The van der Waals surface area contributed by atoms with E-state index in [2.05, 4.69) is 44.5 Å². The highest BCUT2D eigenvalue weighted by Gasteiger charge is 2.31. The molecule has 1 aromatic carbocycles. The second-order valence-corrected chi connectivity index (χ2v) is 11.0. The minimum absolute atomic E-state index is 0.301. The Morgan fingerprint density at radius 3 is 2.55 bits per heavy atom. The minimum Gasteiger partial charge on any atom is -0.486 e. The minimum atomic E-state index is -3.00. The highest BCUT2D eigenvalue weighted by atomic mass is 32.2. The summed E-state index contributed by atoms with van der Waals surface area (Å²) in [4.78, 5) is 13.9. The van der Waals surface area contributed by atoms with Crippen molar-refractivity contribution in [3.8, 4) is 11.5 Å². The summed E-state index contributed by atoms with van der Waals surface area (Å²) in [5.41, 5.74) is 1.33. The molecule has 176 valence electrons. The van der Waals surface area contributed by atoms with Crippen molar-refractivity contribution < 1.29 is 13.7 Å². The number of hydrogen-bond donors (Lipinski definition) is 1. The second-order valence-electron chi connectivity index (χ2n) is 8.97. The van der Waals surface area contributed by atoms with Crippen LogP contribution >= 0.6 is 0 Å². The first kappa shape index (κ1) is 22.2. The molecule has 9 heteroatoms. The molecular weight excluding hydrogens is 438 g/mol. The Balaban J connectivity index is 1.18. The molecule has 2 aromatic rings. The SMILES string of the molecule is C=CS(=N)(=O)c1cnc(N2CCC(CN3CCCC3c3ccc4c(c3)OCCO4)CC2)nc1. The van der Waals surface area contributed by atoms with Crippen LogP contribution in [0.4, 0.5) is 5.95 Å². The van der Waals surface area contributed by atoms with E-state index in [9.17, 15) is 4.21 Å². The lowest BCUT2D eigenvalue weighted by atomic mass is 9.95. The van der Waals surface area contributed by atoms with E-state index in [1.807, 2.05) is 0 Å². The maximum absolute atomic E-state index is 12.1. The number of piperidine rings is 1. The predicted octanol–water partition coefficient (Wildman–Crippen LogP) is 3.85. The number of hydrogen-bond acceptors (Lipinski definition) is 8. The Bertz CT molecular complexity index is 1100. The first-order chi connectivity index (χ1) is 16.0. The number of anilines is 1. The number of benzene rings is 1. The maximum atomic E-state index is 12.1. The van der Waals surface area contributed by atoms with E-state index in [4.69, 9.17) is 14.3 Å². The molecule has 3 aliphatic heterocycles. The Labute approximate surface area is 195 Å². The van der Waals surface area contributed by atoms with Gasteiger partial charge in [0.1, 0.15) is 13.2 Å². The van der Waals surface area contributed by atoms with Crippen LogP contribution in [0.1, 0.15) is 37.3 Å². The summed E-state index contributed by atoms with van der Waals surface area (Å²) in [5, 5.41) is 1.15. The van der Waals surface area contributed by atoms with Crippen LogP contribution in [0.2, 0.25) is 0 Å². The molecule has 0 amide bonds. The van der Waals surface area contributed by atoms with Crippen molar-refractivity contribution in [2.75, 3.05) is 44.3 Å². The summed E-state index contributed by atoms with van der Waals surface area (Å²) in [5.74, 6) is 3.02. The van der Waals surface area contributed by atoms with Gasteiger partial charge in [0.05, 0.1) is 14.6 Å². The lowest BCUT2D eigenvalue weighted by Gasteiger charge is -2.35. The predicted molar refractivity (Wildman–Crippen MR) is 127 cm³/mol. The van der Waals surface area contributed by atoms with Gasteiger partial charge in [0, 0.05) is 43.5 Å². The van der Waals surface area contributed by atoms with Crippen LogP contribution in [-0.2, 0) is 9.73 Å². The van der Waals surface area contributed by atoms with Crippen molar-refractivity contribution in [1.82, 2.24) is 14.9 Å². The van der Waals surface area contributed by atoms with Crippen molar-refractivity contribution in [3.63, 3.8) is 0 Å². The Hall–Kier alpha value is -2.65. The zero-order valence-electron chi connectivity index (χ0n) is 18.8. The molecule has 0 bridgehead atoms. The highest BCUT2D eigenvalue weighted by Crippen LogP contribution is 2.39. The quantitative estimate of drug-likeness (QED) is 0.687. The first-order valence-electron chi connectivity index (χ1n) is 11.7. The molecule has 1 aromatic heterocycles. The van der Waals surface area contributed by atoms with Crippen LogP contribution < -0.4 is 14.4 Å². The molecule has 2 saturated heterocycles. The fourth-order valence-corrected chi connectivity index (χ4v) is 5.67. The van der Waals surface area contributed by atoms with E-state index in [1.54, 1.807) is 0 Å². The molecular formula is C24H31N5O3S. The number of aromatic nitrogens is 2. The largest absolute Gasteiger partial charge is 0.486 e. The summed E-state index contributed by atoms with van der Waals surface area (Å²) < 4.78 is 31.4. The van der Waals surface area contributed by atoms with Crippen LogP contribution in [0.3, 0.4) is 0 Å². The van der Waals surface area contributed by atoms with Gasteiger partial charge in [0.25, 0.3) is 0 Å². The van der Waals surface area contributed by atoms with Gasteiger partial charge in [-0.15, -0.1) is 0 Å². The third-order valence-electron chi connectivity index (χ3n) is 6.90. The van der Waals surface area contributed by atoms with E-state index in [0.29, 0.717) is 36.0 Å². The molecule has 0 saturated carbocycles. The fourth-order valence-electron chi connectivity index (χ4n) is 5.06. The third-order valence-corrected chi connectivity index (χ3v) is 8.28. The van der Waals surface area contributed by atoms with Gasteiger partial charge in [0.15, 0.2) is 11.5 Å². The number of rotatable bonds is 6. The Morgan fingerprint density at radius 2 is 1.82 bits per heavy atom. The zero-order chi connectivity index (χ0) is 22.8. The molecule has 3 aliphatic rings. The van der Waals surface area contributed by atoms with E-state index in [0.717, 1.165) is 55.9 Å². The number of nitrogens with one attached hydrogen (secondary N) is 1. The van der Waals surface area contributed by atoms with Crippen molar-refractivity contribution >= 4 is 15.7 Å². The molecule has 2 fully saturated rings. The molecule has 2 atom stereocenters. The summed E-state index contributed by atoms with van der Waals surface area (Å²) in [6.45, 7) is 8.76. The summed E-state index contributed by atoms with van der Waals surface area (Å²) in [7, 11) is -3.00. The lowest BCUT2D eigenvalue weighted by molar-refractivity contribution is 0.169. The van der Waals surface area contributed by atoms with Crippen LogP contribution in [0.25, 0.3) is 0 Å². The van der Waals surface area contributed by atoms with Crippen LogP contribution in [-0.4, -0.2) is 58.5 Å². The molecule has 33 heavy (non-hydrogen) atoms. The number of nitrogens with zero attached hydrogens (tertiary/aromatic N) is 4. The van der Waals surface area contributed by atoms with Crippen molar-refractivity contribution in [2.24, 2.45) is 5.92 Å². The van der Waals surface area contributed by atoms with Gasteiger partial charge in [-0.05, 0) is 55.8 Å². The van der Waals surface area contributed by atoms with Crippen molar-refractivity contribution in [2.45, 2.75) is 36.6 Å². The van der Waals surface area contributed by atoms with Gasteiger partial charge in [-0.2, -0.15) is 0 Å². The van der Waals surface area contributed by atoms with Crippen LogP contribution in [0.5, 0.6) is 11.5 Å². The van der Waals surface area contributed by atoms with Gasteiger partial charge in [0.2, 0.25) is 5.95 Å². The highest BCUT2D eigenvalue weighted by molar-refractivity contribution is 7.95. The second kappa shape index (κ2) is 9.30. The molecule has 0 aliphatic carbocycles. The Kier molecular flexibility index (Phi) is 6.25. The topological polar surface area (TPSA) is 91.6 Å². The molecule has 4 heterocycles. The maximum Gasteiger partial charge on any atom is 0.225 e. The standard InChI is InChI=1S/C24H31N5O3S/c1-2-33(25,30)20-15-26-24(27-16-20)28-10-7-18(8-11-28)17-29-9-3-4-21(29)19-5-6-22-23(14-19)32-13-12-31-22/h2,5-6,14-16,18,21,25H,1,3-4,7-13,17H2. The van der Waals surface area contributed by atoms with Crippen molar-refractivity contribution in [1.29, 1.82) is 4.78 Å². The summed E-state index contributed by atoms with van der Waals surface area (Å²) >= 11 is 0. The van der Waals surface area contributed by atoms with E-state index in [1.165, 1.54) is 30.8 Å². The summed E-state index contributed by atoms with van der Waals surface area (Å²) in [6.07, 6.45) is 7.58. The van der Waals surface area contributed by atoms with E-state index >= 15 is 0 Å². The molecule has 0 radical (unpaired) electrons. The van der Waals surface area contributed by atoms with Gasteiger partial charge in [-0.1, -0.05) is 12.6 Å². The fraction of sp³-hybridized carbons (Fsp3) is 0.500. The average molecular weight is 470 g/mol. The first-order valence-corrected chi connectivity index (χ1v) is 13.3. The van der Waals surface area contributed by atoms with Gasteiger partial charge in [-0.3, -0.25) is 4.90 Å². The lowest BCUT2D eigenvalue weighted by Crippen LogP contribution is -2.39. The summed E-state index contributed by atoms with van der Waals surface area (Å²) in [6, 6.07) is 6.86. The van der Waals surface area contributed by atoms with Gasteiger partial charge in [-0.25, -0.2) is 19.0 Å².